The van der Waals surface area contributed by atoms with Crippen molar-refractivity contribution in [1.82, 2.24) is 15.1 Å². The number of nitrogens with one attached hydrogen (secondary N) is 1. The van der Waals surface area contributed by atoms with Gasteiger partial charge in [-0.3, -0.25) is 9.48 Å². The van der Waals surface area contributed by atoms with Crippen LogP contribution < -0.4 is 5.32 Å². The molecule has 76 valence electrons. The van der Waals surface area contributed by atoms with Gasteiger partial charge in [-0.25, -0.2) is 0 Å². The highest BCUT2D eigenvalue weighted by atomic mass is 16.4. The molecule has 2 rings (SSSR count). The first-order chi connectivity index (χ1) is 6.68. The van der Waals surface area contributed by atoms with E-state index in [-0.39, 0.29) is 11.8 Å². The fourth-order valence-electron chi connectivity index (χ4n) is 1.92. The van der Waals surface area contributed by atoms with Crippen LogP contribution in [0.15, 0.2) is 12.4 Å². The Balaban J connectivity index is 2.21. The maximum Gasteiger partial charge on any atom is 0.308 e. The molecule has 1 fully saturated rings. The highest BCUT2D eigenvalue weighted by Crippen LogP contribution is 2.27. The molecule has 2 heterocycles. The molecule has 0 amide bonds. The fraction of sp³-hybridized carbons (Fsp3) is 0.556. The molecular formula is C9H13N3O2. The molecule has 5 nitrogen and oxygen atoms in total. The Kier molecular flexibility index (Phi) is 2.25. The molecule has 5 heteroatoms. The van der Waals surface area contributed by atoms with Gasteiger partial charge in [0.05, 0.1) is 12.1 Å². The SMILES string of the molecule is Cn1cc([C@H]2CNC[C@H]2C(=O)O)cn1. The van der Waals surface area contributed by atoms with Crippen LogP contribution in [0.25, 0.3) is 0 Å². The second-order valence-electron chi connectivity index (χ2n) is 3.66. The molecule has 2 N–H and O–H groups in total. The van der Waals surface area contributed by atoms with Crippen molar-refractivity contribution >= 4 is 5.97 Å². The molecule has 0 unspecified atom stereocenters. The fourth-order valence-corrected chi connectivity index (χ4v) is 1.92. The van der Waals surface area contributed by atoms with Crippen LogP contribution >= 0.6 is 0 Å². The first-order valence-corrected chi connectivity index (χ1v) is 4.60. The molecule has 2 atom stereocenters. The highest BCUT2D eigenvalue weighted by molar-refractivity contribution is 5.72. The Morgan fingerprint density at radius 1 is 1.71 bits per heavy atom. The van der Waals surface area contributed by atoms with Gasteiger partial charge in [0, 0.05) is 32.3 Å². The number of hydrogen-bond acceptors (Lipinski definition) is 3. The molecule has 1 aliphatic heterocycles. The lowest BCUT2D eigenvalue weighted by atomic mass is 9.91. The van der Waals surface area contributed by atoms with Gasteiger partial charge >= 0.3 is 5.97 Å². The molecule has 0 saturated carbocycles. The minimum absolute atomic E-state index is 0.0567. The van der Waals surface area contributed by atoms with E-state index in [0.29, 0.717) is 6.54 Å². The second-order valence-corrected chi connectivity index (χ2v) is 3.66. The second kappa shape index (κ2) is 3.42. The lowest BCUT2D eigenvalue weighted by Gasteiger charge is -2.11. The maximum absolute atomic E-state index is 10.9. The number of rotatable bonds is 2. The predicted octanol–water partition coefficient (Wildman–Crippen LogP) is -0.192. The Morgan fingerprint density at radius 3 is 3.07 bits per heavy atom. The zero-order valence-corrected chi connectivity index (χ0v) is 7.97. The molecule has 14 heavy (non-hydrogen) atoms. The average Bonchev–Trinajstić information content (AvgIpc) is 2.70. The molecule has 0 aromatic carbocycles. The van der Waals surface area contributed by atoms with Crippen LogP contribution in [0, 0.1) is 5.92 Å². The van der Waals surface area contributed by atoms with E-state index in [9.17, 15) is 4.79 Å². The zero-order chi connectivity index (χ0) is 10.1. The lowest BCUT2D eigenvalue weighted by Crippen LogP contribution is -2.20. The van der Waals surface area contributed by atoms with Crippen molar-refractivity contribution in [3.63, 3.8) is 0 Å². The molecule has 0 spiro atoms. The minimum atomic E-state index is -0.733. The topological polar surface area (TPSA) is 67.2 Å². The summed E-state index contributed by atoms with van der Waals surface area (Å²) in [7, 11) is 1.83. The van der Waals surface area contributed by atoms with Crippen LogP contribution in [0.3, 0.4) is 0 Å². The normalized spacial score (nSPS) is 26.6. The number of carboxylic acids is 1. The molecule has 0 bridgehead atoms. The van der Waals surface area contributed by atoms with Gasteiger partial charge in [-0.1, -0.05) is 0 Å². The van der Waals surface area contributed by atoms with Crippen molar-refractivity contribution in [2.24, 2.45) is 13.0 Å². The van der Waals surface area contributed by atoms with Crippen LogP contribution in [0.4, 0.5) is 0 Å². The van der Waals surface area contributed by atoms with Gasteiger partial charge < -0.3 is 10.4 Å². The lowest BCUT2D eigenvalue weighted by molar-refractivity contribution is -0.141. The van der Waals surface area contributed by atoms with E-state index in [1.807, 2.05) is 13.2 Å². The van der Waals surface area contributed by atoms with Crippen molar-refractivity contribution in [3.8, 4) is 0 Å². The average molecular weight is 195 g/mol. The summed E-state index contributed by atoms with van der Waals surface area (Å²) >= 11 is 0. The third kappa shape index (κ3) is 1.50. The van der Waals surface area contributed by atoms with Crippen molar-refractivity contribution in [2.45, 2.75) is 5.92 Å². The predicted molar refractivity (Wildman–Crippen MR) is 49.9 cm³/mol. The maximum atomic E-state index is 10.9. The third-order valence-electron chi connectivity index (χ3n) is 2.68. The van der Waals surface area contributed by atoms with Gasteiger partial charge in [0.1, 0.15) is 0 Å². The Labute approximate surface area is 81.7 Å². The summed E-state index contributed by atoms with van der Waals surface area (Å²) in [5, 5.41) is 16.1. The van der Waals surface area contributed by atoms with Crippen LogP contribution in [0.5, 0.6) is 0 Å². The summed E-state index contributed by atoms with van der Waals surface area (Å²) in [6.45, 7) is 1.28. The summed E-state index contributed by atoms with van der Waals surface area (Å²) in [4.78, 5) is 10.9. The summed E-state index contributed by atoms with van der Waals surface area (Å²) in [5.74, 6) is -0.996. The van der Waals surface area contributed by atoms with E-state index in [4.69, 9.17) is 5.11 Å². The van der Waals surface area contributed by atoms with Crippen molar-refractivity contribution in [1.29, 1.82) is 0 Å². The number of aryl methyl sites for hydroxylation is 1. The van der Waals surface area contributed by atoms with Gasteiger partial charge in [-0.05, 0) is 5.56 Å². The van der Waals surface area contributed by atoms with Crippen LogP contribution in [-0.4, -0.2) is 33.9 Å². The Hall–Kier alpha value is -1.36. The van der Waals surface area contributed by atoms with E-state index < -0.39 is 5.97 Å². The molecule has 1 aliphatic rings. The molecule has 0 aliphatic carbocycles. The molecule has 1 saturated heterocycles. The van der Waals surface area contributed by atoms with Crippen LogP contribution in [0.2, 0.25) is 0 Å². The van der Waals surface area contributed by atoms with E-state index in [2.05, 4.69) is 10.4 Å². The first-order valence-electron chi connectivity index (χ1n) is 4.60. The van der Waals surface area contributed by atoms with E-state index in [0.717, 1.165) is 12.1 Å². The zero-order valence-electron chi connectivity index (χ0n) is 7.97. The van der Waals surface area contributed by atoms with E-state index >= 15 is 0 Å². The summed E-state index contributed by atoms with van der Waals surface area (Å²) in [6.07, 6.45) is 3.63. The molecule has 1 aromatic heterocycles. The molecule has 0 radical (unpaired) electrons. The van der Waals surface area contributed by atoms with Gasteiger partial charge in [-0.15, -0.1) is 0 Å². The van der Waals surface area contributed by atoms with Gasteiger partial charge in [0.25, 0.3) is 0 Å². The van der Waals surface area contributed by atoms with E-state index in [1.165, 1.54) is 0 Å². The first kappa shape index (κ1) is 9.21. The largest absolute Gasteiger partial charge is 0.481 e. The third-order valence-corrected chi connectivity index (χ3v) is 2.68. The number of aliphatic carboxylic acids is 1. The number of aromatic nitrogens is 2. The summed E-state index contributed by atoms with van der Waals surface area (Å²) in [6, 6.07) is 0. The monoisotopic (exact) mass is 195 g/mol. The highest BCUT2D eigenvalue weighted by Gasteiger charge is 2.34. The van der Waals surface area contributed by atoms with Gasteiger partial charge in [-0.2, -0.15) is 5.10 Å². The molecular weight excluding hydrogens is 182 g/mol. The van der Waals surface area contributed by atoms with Crippen LogP contribution in [-0.2, 0) is 11.8 Å². The van der Waals surface area contributed by atoms with Crippen molar-refractivity contribution in [3.05, 3.63) is 18.0 Å². The number of carbonyl (C=O) groups is 1. The van der Waals surface area contributed by atoms with E-state index in [1.54, 1.807) is 10.9 Å². The molecule has 1 aromatic rings. The minimum Gasteiger partial charge on any atom is -0.481 e. The van der Waals surface area contributed by atoms with Crippen molar-refractivity contribution in [2.75, 3.05) is 13.1 Å². The Bertz CT molecular complexity index is 348. The van der Waals surface area contributed by atoms with Gasteiger partial charge in [0.2, 0.25) is 0 Å². The Morgan fingerprint density at radius 2 is 2.50 bits per heavy atom. The van der Waals surface area contributed by atoms with Gasteiger partial charge in [0.15, 0.2) is 0 Å². The van der Waals surface area contributed by atoms with Crippen LogP contribution in [0.1, 0.15) is 11.5 Å². The number of hydrogen-bond donors (Lipinski definition) is 2. The quantitative estimate of drug-likeness (QED) is 0.686. The summed E-state index contributed by atoms with van der Waals surface area (Å²) < 4.78 is 1.70. The standard InChI is InChI=1S/C9H13N3O2/c1-12-5-6(2-11-12)7-3-10-4-8(7)9(13)14/h2,5,7-8,10H,3-4H2,1H3,(H,13,14)/t7-,8-/m1/s1. The number of carboxylic acid groups (broad SMARTS) is 1. The summed E-state index contributed by atoms with van der Waals surface area (Å²) in [5.41, 5.74) is 1.00. The van der Waals surface area contributed by atoms with Crippen molar-refractivity contribution < 1.29 is 9.90 Å². The smallest absolute Gasteiger partial charge is 0.308 e. The number of nitrogens with zero attached hydrogens (tertiary/aromatic N) is 2.